The van der Waals surface area contributed by atoms with Gasteiger partial charge in [-0.3, -0.25) is 9.59 Å². The van der Waals surface area contributed by atoms with E-state index in [1.165, 1.54) is 11.3 Å². The summed E-state index contributed by atoms with van der Waals surface area (Å²) in [6.07, 6.45) is 1.52. The second-order valence-corrected chi connectivity index (χ2v) is 6.07. The number of carbonyl (C=O) groups is 2. The minimum absolute atomic E-state index is 0.0926. The largest absolute Gasteiger partial charge is 0.346 e. The summed E-state index contributed by atoms with van der Waals surface area (Å²) in [4.78, 5) is 29.6. The zero-order valence-corrected chi connectivity index (χ0v) is 12.6. The third-order valence-electron chi connectivity index (χ3n) is 3.19. The predicted octanol–water partition coefficient (Wildman–Crippen LogP) is 0.903. The van der Waals surface area contributed by atoms with Crippen LogP contribution in [0.4, 0.5) is 0 Å². The van der Waals surface area contributed by atoms with E-state index in [-0.39, 0.29) is 23.9 Å². The molecule has 0 spiro atoms. The van der Waals surface area contributed by atoms with E-state index in [9.17, 15) is 9.59 Å². The van der Waals surface area contributed by atoms with Gasteiger partial charge in [-0.15, -0.1) is 11.3 Å². The Hall–Kier alpha value is -1.47. The first-order valence-corrected chi connectivity index (χ1v) is 7.65. The Morgan fingerprint density at radius 3 is 2.90 bits per heavy atom. The third kappa shape index (κ3) is 3.55. The molecule has 1 aromatic rings. The van der Waals surface area contributed by atoms with Crippen molar-refractivity contribution in [2.24, 2.45) is 5.73 Å². The van der Waals surface area contributed by atoms with Crippen LogP contribution in [0.15, 0.2) is 5.38 Å². The summed E-state index contributed by atoms with van der Waals surface area (Å²) in [7, 11) is 0. The highest BCUT2D eigenvalue weighted by atomic mass is 32.1. The van der Waals surface area contributed by atoms with Gasteiger partial charge in [0.2, 0.25) is 5.91 Å². The van der Waals surface area contributed by atoms with E-state index in [4.69, 9.17) is 5.73 Å². The van der Waals surface area contributed by atoms with Crippen LogP contribution in [0.1, 0.15) is 48.2 Å². The molecule has 20 heavy (non-hydrogen) atoms. The summed E-state index contributed by atoms with van der Waals surface area (Å²) < 4.78 is 0. The Kier molecular flexibility index (Phi) is 4.72. The average molecular weight is 296 g/mol. The molecule has 3 N–H and O–H groups in total. The second-order valence-electron chi connectivity index (χ2n) is 5.18. The van der Waals surface area contributed by atoms with Crippen LogP contribution in [0, 0.1) is 0 Å². The molecule has 2 amide bonds. The molecule has 1 aromatic heterocycles. The Morgan fingerprint density at radius 1 is 1.60 bits per heavy atom. The smallest absolute Gasteiger partial charge is 0.271 e. The molecular weight excluding hydrogens is 276 g/mol. The number of carbonyl (C=O) groups excluding carboxylic acids is 2. The van der Waals surface area contributed by atoms with Gasteiger partial charge in [0, 0.05) is 30.9 Å². The van der Waals surface area contributed by atoms with Crippen LogP contribution in [-0.4, -0.2) is 40.8 Å². The van der Waals surface area contributed by atoms with Crippen LogP contribution in [0.2, 0.25) is 0 Å². The minimum atomic E-state index is -0.215. The van der Waals surface area contributed by atoms with Gasteiger partial charge >= 0.3 is 0 Å². The van der Waals surface area contributed by atoms with Gasteiger partial charge in [-0.1, -0.05) is 0 Å². The van der Waals surface area contributed by atoms with E-state index in [0.29, 0.717) is 18.7 Å². The molecule has 6 nitrogen and oxygen atoms in total. The Balaban J connectivity index is 1.88. The quantitative estimate of drug-likeness (QED) is 0.845. The molecule has 2 rings (SSSR count). The average Bonchev–Trinajstić information content (AvgIpc) is 2.99. The topological polar surface area (TPSA) is 88.3 Å². The van der Waals surface area contributed by atoms with Crippen molar-refractivity contribution in [3.05, 3.63) is 16.1 Å². The molecule has 0 radical (unpaired) electrons. The zero-order chi connectivity index (χ0) is 14.7. The number of amides is 2. The first-order valence-electron chi connectivity index (χ1n) is 6.77. The number of nitrogens with one attached hydrogen (secondary N) is 1. The summed E-state index contributed by atoms with van der Waals surface area (Å²) in [5.41, 5.74) is 6.12. The summed E-state index contributed by atoms with van der Waals surface area (Å²) in [6.45, 7) is 5.06. The molecule has 2 atom stereocenters. The maximum Gasteiger partial charge on any atom is 0.271 e. The summed E-state index contributed by atoms with van der Waals surface area (Å²) >= 11 is 1.38. The highest BCUT2D eigenvalue weighted by Crippen LogP contribution is 2.16. The molecule has 0 aromatic carbocycles. The van der Waals surface area contributed by atoms with Crippen LogP contribution in [-0.2, 0) is 4.79 Å². The Labute approximate surface area is 122 Å². The van der Waals surface area contributed by atoms with Crippen molar-refractivity contribution in [1.29, 1.82) is 0 Å². The van der Waals surface area contributed by atoms with E-state index in [1.54, 1.807) is 10.3 Å². The maximum absolute atomic E-state index is 12.0. The third-order valence-corrected chi connectivity index (χ3v) is 4.23. The van der Waals surface area contributed by atoms with E-state index >= 15 is 0 Å². The van der Waals surface area contributed by atoms with Crippen molar-refractivity contribution >= 4 is 23.2 Å². The molecule has 0 saturated carbocycles. The number of likely N-dealkylation sites (tertiary alicyclic amines) is 1. The first kappa shape index (κ1) is 14.9. The highest BCUT2D eigenvalue weighted by Gasteiger charge is 2.23. The molecule has 0 bridgehead atoms. The van der Waals surface area contributed by atoms with Gasteiger partial charge in [-0.2, -0.15) is 0 Å². The van der Waals surface area contributed by atoms with Crippen LogP contribution >= 0.6 is 11.3 Å². The summed E-state index contributed by atoms with van der Waals surface area (Å²) in [5.74, 6) is -0.0497. The van der Waals surface area contributed by atoms with Crippen LogP contribution in [0.25, 0.3) is 0 Å². The molecule has 2 heterocycles. The van der Waals surface area contributed by atoms with Gasteiger partial charge < -0.3 is 16.0 Å². The molecule has 7 heteroatoms. The summed E-state index contributed by atoms with van der Waals surface area (Å²) in [6, 6.07) is -0.258. The fraction of sp³-hybridized carbons (Fsp3) is 0.615. The van der Waals surface area contributed by atoms with Crippen LogP contribution in [0.3, 0.4) is 0 Å². The molecule has 1 saturated heterocycles. The van der Waals surface area contributed by atoms with Crippen LogP contribution in [0.5, 0.6) is 0 Å². The molecule has 1 aliphatic heterocycles. The first-order chi connectivity index (χ1) is 9.47. The van der Waals surface area contributed by atoms with Crippen molar-refractivity contribution in [3.8, 4) is 0 Å². The number of rotatable bonds is 5. The monoisotopic (exact) mass is 296 g/mol. The fourth-order valence-corrected chi connectivity index (χ4v) is 2.93. The fourth-order valence-electron chi connectivity index (χ4n) is 2.17. The number of thiazole rings is 1. The lowest BCUT2D eigenvalue weighted by Crippen LogP contribution is -2.42. The van der Waals surface area contributed by atoms with Gasteiger partial charge in [0.25, 0.3) is 5.91 Å². The van der Waals surface area contributed by atoms with Crippen molar-refractivity contribution in [2.75, 3.05) is 13.1 Å². The molecule has 110 valence electrons. The molecule has 1 aliphatic rings. The van der Waals surface area contributed by atoms with Crippen molar-refractivity contribution in [2.45, 2.75) is 38.8 Å². The van der Waals surface area contributed by atoms with Gasteiger partial charge in [-0.05, 0) is 20.3 Å². The predicted molar refractivity (Wildman–Crippen MR) is 77.5 cm³/mol. The zero-order valence-electron chi connectivity index (χ0n) is 11.8. The number of aromatic nitrogens is 1. The minimum Gasteiger partial charge on any atom is -0.346 e. The molecule has 0 aliphatic carbocycles. The Bertz CT molecular complexity index is 500. The number of nitrogens with zero attached hydrogens (tertiary/aromatic N) is 2. The highest BCUT2D eigenvalue weighted by molar-refractivity contribution is 7.09. The lowest BCUT2D eigenvalue weighted by atomic mass is 10.3. The SMILES string of the molecule is CC(CN1CCCC1=O)NC(=O)c1csc(C(C)N)n1. The Morgan fingerprint density at radius 2 is 2.35 bits per heavy atom. The van der Waals surface area contributed by atoms with Gasteiger partial charge in [0.1, 0.15) is 10.7 Å². The van der Waals surface area contributed by atoms with E-state index in [2.05, 4.69) is 10.3 Å². The number of hydrogen-bond donors (Lipinski definition) is 2. The standard InChI is InChI=1S/C13H20N4O2S/c1-8(6-17-5-3-4-11(17)18)15-12(19)10-7-20-13(16-10)9(2)14/h7-9H,3-6,14H2,1-2H3,(H,15,19). The maximum atomic E-state index is 12.0. The van der Waals surface area contributed by atoms with Crippen LogP contribution < -0.4 is 11.1 Å². The molecule has 1 fully saturated rings. The van der Waals surface area contributed by atoms with E-state index in [0.717, 1.165) is 18.0 Å². The van der Waals surface area contributed by atoms with Gasteiger partial charge in [0.15, 0.2) is 0 Å². The van der Waals surface area contributed by atoms with Gasteiger partial charge in [-0.25, -0.2) is 4.98 Å². The lowest BCUT2D eigenvalue weighted by molar-refractivity contribution is -0.127. The second kappa shape index (κ2) is 6.32. The van der Waals surface area contributed by atoms with Crippen molar-refractivity contribution < 1.29 is 9.59 Å². The van der Waals surface area contributed by atoms with Gasteiger partial charge in [0.05, 0.1) is 6.04 Å². The number of nitrogens with two attached hydrogens (primary N) is 1. The molecule has 2 unspecified atom stereocenters. The lowest BCUT2D eigenvalue weighted by Gasteiger charge is -2.21. The van der Waals surface area contributed by atoms with E-state index < -0.39 is 0 Å². The van der Waals surface area contributed by atoms with Crippen molar-refractivity contribution in [3.63, 3.8) is 0 Å². The van der Waals surface area contributed by atoms with Crippen molar-refractivity contribution in [1.82, 2.24) is 15.2 Å². The number of hydrogen-bond acceptors (Lipinski definition) is 5. The summed E-state index contributed by atoms with van der Waals surface area (Å²) in [5, 5.41) is 5.32. The van der Waals surface area contributed by atoms with E-state index in [1.807, 2.05) is 13.8 Å². The normalized spacial score (nSPS) is 18.1. The molecular formula is C13H20N4O2S.